The Bertz CT molecular complexity index is 726. The van der Waals surface area contributed by atoms with E-state index in [0.29, 0.717) is 11.3 Å². The molecule has 1 aliphatic heterocycles. The number of aromatic nitrogens is 1. The highest BCUT2D eigenvalue weighted by atomic mass is 35.5. The van der Waals surface area contributed by atoms with E-state index in [4.69, 9.17) is 11.6 Å². The first-order chi connectivity index (χ1) is 11.5. The molecule has 1 aromatic carbocycles. The van der Waals surface area contributed by atoms with Crippen LogP contribution >= 0.6 is 11.6 Å². The first-order valence-electron chi connectivity index (χ1n) is 8.61. The van der Waals surface area contributed by atoms with Gasteiger partial charge in [0.25, 0.3) is 0 Å². The second kappa shape index (κ2) is 7.12. The standard InChI is InChI=1S/C20H26ClN3/c1-4-10-24-11-8-15(20(2,3)14-24)13-23-18-7-9-22-19-12-16(21)5-6-17(18)19/h4-7,9,12,15H,1,8,10-11,13-14H2,2-3H3,(H,22,23). The summed E-state index contributed by atoms with van der Waals surface area (Å²) in [6.45, 7) is 12.9. The third kappa shape index (κ3) is 3.73. The van der Waals surface area contributed by atoms with Crippen molar-refractivity contribution in [3.8, 4) is 0 Å². The average molecular weight is 344 g/mol. The van der Waals surface area contributed by atoms with Crippen LogP contribution in [-0.2, 0) is 0 Å². The van der Waals surface area contributed by atoms with Crippen LogP contribution in [0.1, 0.15) is 20.3 Å². The van der Waals surface area contributed by atoms with Crippen LogP contribution < -0.4 is 5.32 Å². The van der Waals surface area contributed by atoms with Gasteiger partial charge in [0.15, 0.2) is 0 Å². The van der Waals surface area contributed by atoms with E-state index < -0.39 is 0 Å². The molecule has 3 nitrogen and oxygen atoms in total. The molecule has 1 saturated heterocycles. The molecule has 0 amide bonds. The van der Waals surface area contributed by atoms with Crippen molar-refractivity contribution in [1.82, 2.24) is 9.88 Å². The Balaban J connectivity index is 1.71. The summed E-state index contributed by atoms with van der Waals surface area (Å²) >= 11 is 6.07. The Labute approximate surface area is 149 Å². The highest BCUT2D eigenvalue weighted by Crippen LogP contribution is 2.35. The van der Waals surface area contributed by atoms with E-state index in [9.17, 15) is 0 Å². The van der Waals surface area contributed by atoms with Gasteiger partial charge in [-0.15, -0.1) is 6.58 Å². The van der Waals surface area contributed by atoms with E-state index in [1.54, 1.807) is 0 Å². The normalized spacial score (nSPS) is 20.9. The van der Waals surface area contributed by atoms with E-state index in [-0.39, 0.29) is 0 Å². The van der Waals surface area contributed by atoms with E-state index in [0.717, 1.165) is 47.8 Å². The first kappa shape index (κ1) is 17.2. The Kier molecular flexibility index (Phi) is 5.12. The summed E-state index contributed by atoms with van der Waals surface area (Å²) in [5.74, 6) is 0.647. The number of nitrogens with one attached hydrogen (secondary N) is 1. The zero-order valence-electron chi connectivity index (χ0n) is 14.6. The average Bonchev–Trinajstić information content (AvgIpc) is 2.53. The Morgan fingerprint density at radius 2 is 2.25 bits per heavy atom. The number of fused-ring (bicyclic) bond motifs is 1. The van der Waals surface area contributed by atoms with Gasteiger partial charge < -0.3 is 5.32 Å². The molecule has 0 radical (unpaired) electrons. The number of halogens is 1. The first-order valence-corrected chi connectivity index (χ1v) is 8.99. The molecule has 0 saturated carbocycles. The molecule has 128 valence electrons. The fourth-order valence-electron chi connectivity index (χ4n) is 3.74. The summed E-state index contributed by atoms with van der Waals surface area (Å²) in [6, 6.07) is 7.94. The largest absolute Gasteiger partial charge is 0.384 e. The number of hydrogen-bond acceptors (Lipinski definition) is 3. The molecule has 1 atom stereocenters. The summed E-state index contributed by atoms with van der Waals surface area (Å²) in [5.41, 5.74) is 2.37. The summed E-state index contributed by atoms with van der Waals surface area (Å²) in [4.78, 5) is 6.91. The fourth-order valence-corrected chi connectivity index (χ4v) is 3.91. The van der Waals surface area contributed by atoms with Gasteiger partial charge in [-0.1, -0.05) is 31.5 Å². The van der Waals surface area contributed by atoms with Crippen LogP contribution in [0.5, 0.6) is 0 Å². The van der Waals surface area contributed by atoms with Crippen molar-refractivity contribution in [2.75, 3.05) is 31.5 Å². The monoisotopic (exact) mass is 343 g/mol. The highest BCUT2D eigenvalue weighted by molar-refractivity contribution is 6.31. The molecule has 0 bridgehead atoms. The summed E-state index contributed by atoms with van der Waals surface area (Å²) in [7, 11) is 0. The molecule has 2 aromatic rings. The van der Waals surface area contributed by atoms with Gasteiger partial charge in [-0.05, 0) is 48.6 Å². The van der Waals surface area contributed by atoms with E-state index in [1.807, 2.05) is 30.5 Å². The lowest BCUT2D eigenvalue weighted by Gasteiger charge is -2.44. The molecular formula is C20H26ClN3. The maximum absolute atomic E-state index is 6.07. The third-order valence-corrected chi connectivity index (χ3v) is 5.40. The smallest absolute Gasteiger partial charge is 0.0737 e. The number of piperidine rings is 1. The van der Waals surface area contributed by atoms with Crippen molar-refractivity contribution in [3.05, 3.63) is 48.1 Å². The van der Waals surface area contributed by atoms with Crippen LogP contribution in [0.25, 0.3) is 10.9 Å². The second-order valence-corrected chi connectivity index (χ2v) is 7.84. The number of likely N-dealkylation sites (tertiary alicyclic amines) is 1. The zero-order chi connectivity index (χ0) is 17.2. The minimum absolute atomic E-state index is 0.292. The zero-order valence-corrected chi connectivity index (χ0v) is 15.3. The molecule has 0 spiro atoms. The van der Waals surface area contributed by atoms with Crippen LogP contribution in [-0.4, -0.2) is 36.1 Å². The third-order valence-electron chi connectivity index (χ3n) is 5.16. The number of nitrogens with zero attached hydrogens (tertiary/aromatic N) is 2. The van der Waals surface area contributed by atoms with Gasteiger partial charge >= 0.3 is 0 Å². The maximum Gasteiger partial charge on any atom is 0.0737 e. The number of anilines is 1. The Hall–Kier alpha value is -1.58. The van der Waals surface area contributed by atoms with E-state index in [2.05, 4.69) is 41.7 Å². The second-order valence-electron chi connectivity index (χ2n) is 7.40. The molecule has 1 aliphatic rings. The van der Waals surface area contributed by atoms with Crippen molar-refractivity contribution < 1.29 is 0 Å². The topological polar surface area (TPSA) is 28.2 Å². The lowest BCUT2D eigenvalue weighted by atomic mass is 9.74. The molecule has 1 N–H and O–H groups in total. The SMILES string of the molecule is C=CCN1CCC(CNc2ccnc3cc(Cl)ccc23)C(C)(C)C1. The summed E-state index contributed by atoms with van der Waals surface area (Å²) in [5, 5.41) is 5.51. The van der Waals surface area contributed by atoms with Gasteiger partial charge in [-0.3, -0.25) is 9.88 Å². The molecule has 4 heteroatoms. The van der Waals surface area contributed by atoms with E-state index >= 15 is 0 Å². The highest BCUT2D eigenvalue weighted by Gasteiger charge is 2.35. The predicted molar refractivity (Wildman–Crippen MR) is 104 cm³/mol. The van der Waals surface area contributed by atoms with Crippen molar-refractivity contribution in [3.63, 3.8) is 0 Å². The van der Waals surface area contributed by atoms with Crippen LogP contribution in [0, 0.1) is 11.3 Å². The van der Waals surface area contributed by atoms with Gasteiger partial charge in [-0.2, -0.15) is 0 Å². The minimum atomic E-state index is 0.292. The van der Waals surface area contributed by atoms with E-state index in [1.165, 1.54) is 6.42 Å². The van der Waals surface area contributed by atoms with Gasteiger partial charge in [0, 0.05) is 41.9 Å². The van der Waals surface area contributed by atoms with Crippen molar-refractivity contribution >= 4 is 28.2 Å². The Morgan fingerprint density at radius 3 is 3.00 bits per heavy atom. The van der Waals surface area contributed by atoms with Gasteiger partial charge in [-0.25, -0.2) is 0 Å². The van der Waals surface area contributed by atoms with Crippen molar-refractivity contribution in [1.29, 1.82) is 0 Å². The molecular weight excluding hydrogens is 318 g/mol. The van der Waals surface area contributed by atoms with Crippen LogP contribution in [0.4, 0.5) is 5.69 Å². The maximum atomic E-state index is 6.07. The fraction of sp³-hybridized carbons (Fsp3) is 0.450. The number of benzene rings is 1. The number of rotatable bonds is 5. The predicted octanol–water partition coefficient (Wildman–Crippen LogP) is 4.83. The van der Waals surface area contributed by atoms with Gasteiger partial charge in [0.05, 0.1) is 5.52 Å². The molecule has 1 unspecified atom stereocenters. The molecule has 3 rings (SSSR count). The molecule has 1 fully saturated rings. The van der Waals surface area contributed by atoms with Gasteiger partial charge in [0.2, 0.25) is 0 Å². The lowest BCUT2D eigenvalue weighted by Crippen LogP contribution is -2.47. The van der Waals surface area contributed by atoms with Crippen LogP contribution in [0.2, 0.25) is 5.02 Å². The molecule has 2 heterocycles. The molecule has 24 heavy (non-hydrogen) atoms. The Morgan fingerprint density at radius 1 is 1.42 bits per heavy atom. The lowest BCUT2D eigenvalue weighted by molar-refractivity contribution is 0.0697. The number of pyridine rings is 1. The molecule has 0 aliphatic carbocycles. The van der Waals surface area contributed by atoms with Crippen molar-refractivity contribution in [2.24, 2.45) is 11.3 Å². The summed E-state index contributed by atoms with van der Waals surface area (Å²) in [6.07, 6.45) is 5.06. The summed E-state index contributed by atoms with van der Waals surface area (Å²) < 4.78 is 0. The minimum Gasteiger partial charge on any atom is -0.384 e. The quantitative estimate of drug-likeness (QED) is 0.788. The van der Waals surface area contributed by atoms with Crippen molar-refractivity contribution in [2.45, 2.75) is 20.3 Å². The van der Waals surface area contributed by atoms with Crippen LogP contribution in [0.3, 0.4) is 0 Å². The number of hydrogen-bond donors (Lipinski definition) is 1. The van der Waals surface area contributed by atoms with Crippen LogP contribution in [0.15, 0.2) is 43.1 Å². The molecule has 1 aromatic heterocycles. The van der Waals surface area contributed by atoms with Gasteiger partial charge in [0.1, 0.15) is 0 Å².